The van der Waals surface area contributed by atoms with Crippen LogP contribution in [0.5, 0.6) is 5.75 Å². The van der Waals surface area contributed by atoms with Gasteiger partial charge in [0.2, 0.25) is 0 Å². The third kappa shape index (κ3) is 6.68. The number of hydrogen-bond acceptors (Lipinski definition) is 6. The lowest BCUT2D eigenvalue weighted by molar-refractivity contribution is 0.102. The molecule has 1 amide bonds. The Morgan fingerprint density at radius 2 is 1.66 bits per heavy atom. The monoisotopic (exact) mass is 566 g/mol. The standard InChI is InChI=1S/C29H26N4O2S.2ClH/c1-33(19-21-7-6-16-30-17-21)18-20-10-12-23(13-11-20)28(34)32-29-31-26-25(35-2)15-14-24(27(26)36-29)22-8-4-3-5-9-22;;/h3-17H,18-19H2,1-2H3,(H,31,32,34);2*1H. The summed E-state index contributed by atoms with van der Waals surface area (Å²) < 4.78 is 6.50. The van der Waals surface area contributed by atoms with Gasteiger partial charge in [-0.05, 0) is 54.1 Å². The van der Waals surface area contributed by atoms with E-state index in [4.69, 9.17) is 4.74 Å². The van der Waals surface area contributed by atoms with Crippen molar-refractivity contribution in [1.29, 1.82) is 0 Å². The molecule has 0 fully saturated rings. The number of hydrogen-bond donors (Lipinski definition) is 1. The molecule has 0 saturated heterocycles. The fraction of sp³-hybridized carbons (Fsp3) is 0.138. The number of amides is 1. The van der Waals surface area contributed by atoms with E-state index in [2.05, 4.69) is 45.4 Å². The lowest BCUT2D eigenvalue weighted by atomic mass is 10.1. The highest BCUT2D eigenvalue weighted by Crippen LogP contribution is 2.39. The molecule has 5 rings (SSSR count). The summed E-state index contributed by atoms with van der Waals surface area (Å²) in [5.41, 5.74) is 5.78. The van der Waals surface area contributed by atoms with Crippen LogP contribution in [0.2, 0.25) is 0 Å². The van der Waals surface area contributed by atoms with Crippen LogP contribution >= 0.6 is 36.2 Å². The van der Waals surface area contributed by atoms with Crippen LogP contribution in [0, 0.1) is 0 Å². The van der Waals surface area contributed by atoms with E-state index < -0.39 is 0 Å². The van der Waals surface area contributed by atoms with Gasteiger partial charge in [0.05, 0.1) is 11.8 Å². The molecule has 2 aromatic heterocycles. The van der Waals surface area contributed by atoms with Crippen LogP contribution in [0.25, 0.3) is 21.3 Å². The molecule has 1 N–H and O–H groups in total. The van der Waals surface area contributed by atoms with Crippen molar-refractivity contribution in [3.8, 4) is 16.9 Å². The first-order valence-electron chi connectivity index (χ1n) is 11.6. The van der Waals surface area contributed by atoms with Crippen molar-refractivity contribution in [2.24, 2.45) is 0 Å². The number of methoxy groups -OCH3 is 1. The van der Waals surface area contributed by atoms with Gasteiger partial charge in [-0.2, -0.15) is 0 Å². The maximum Gasteiger partial charge on any atom is 0.257 e. The molecule has 3 aromatic carbocycles. The molecule has 9 heteroatoms. The fourth-order valence-corrected chi connectivity index (χ4v) is 5.16. The first kappa shape index (κ1) is 29.1. The number of anilines is 1. The molecule has 0 aliphatic rings. The number of nitrogens with zero attached hydrogens (tertiary/aromatic N) is 3. The molecule has 0 atom stereocenters. The molecule has 0 bridgehead atoms. The van der Waals surface area contributed by atoms with Crippen LogP contribution in [0.1, 0.15) is 21.5 Å². The van der Waals surface area contributed by atoms with E-state index in [1.807, 2.05) is 66.9 Å². The highest BCUT2D eigenvalue weighted by Gasteiger charge is 2.16. The molecule has 6 nitrogen and oxygen atoms in total. The second-order valence-corrected chi connectivity index (χ2v) is 9.56. The maximum absolute atomic E-state index is 13.0. The summed E-state index contributed by atoms with van der Waals surface area (Å²) in [6, 6.07) is 25.8. The summed E-state index contributed by atoms with van der Waals surface area (Å²) in [6.45, 7) is 1.58. The number of aromatic nitrogens is 2. The minimum Gasteiger partial charge on any atom is -0.494 e. The summed E-state index contributed by atoms with van der Waals surface area (Å²) in [5.74, 6) is 0.491. The van der Waals surface area contributed by atoms with Gasteiger partial charge in [-0.15, -0.1) is 24.8 Å². The van der Waals surface area contributed by atoms with Crippen LogP contribution in [-0.4, -0.2) is 34.9 Å². The Morgan fingerprint density at radius 3 is 2.34 bits per heavy atom. The Kier molecular flexibility index (Phi) is 10.2. The van der Waals surface area contributed by atoms with Gasteiger partial charge >= 0.3 is 0 Å². The summed E-state index contributed by atoms with van der Waals surface area (Å²) in [4.78, 5) is 24.0. The molecular formula is C29H28Cl2N4O2S. The molecular weight excluding hydrogens is 539 g/mol. The van der Waals surface area contributed by atoms with Gasteiger partial charge in [0.25, 0.3) is 5.91 Å². The van der Waals surface area contributed by atoms with Crippen LogP contribution in [0.3, 0.4) is 0 Å². The van der Waals surface area contributed by atoms with E-state index in [0.29, 0.717) is 16.4 Å². The summed E-state index contributed by atoms with van der Waals surface area (Å²) in [7, 11) is 3.70. The number of carbonyl (C=O) groups excluding carboxylic acids is 1. The smallest absolute Gasteiger partial charge is 0.257 e. The normalized spacial score (nSPS) is 10.5. The van der Waals surface area contributed by atoms with Gasteiger partial charge in [-0.25, -0.2) is 4.98 Å². The van der Waals surface area contributed by atoms with E-state index >= 15 is 0 Å². The van der Waals surface area contributed by atoms with Gasteiger partial charge in [0.15, 0.2) is 5.13 Å². The first-order valence-corrected chi connectivity index (χ1v) is 12.4. The molecule has 38 heavy (non-hydrogen) atoms. The van der Waals surface area contributed by atoms with Crippen LogP contribution in [-0.2, 0) is 13.1 Å². The molecule has 0 spiro atoms. The Balaban J connectivity index is 0.00000200. The van der Waals surface area contributed by atoms with Gasteiger partial charge in [0, 0.05) is 36.6 Å². The first-order chi connectivity index (χ1) is 17.6. The SMILES string of the molecule is COc1ccc(-c2ccccc2)c2sc(NC(=O)c3ccc(CN(C)Cc4cccnc4)cc3)nc12.Cl.Cl. The van der Waals surface area contributed by atoms with Crippen molar-refractivity contribution >= 4 is 57.4 Å². The predicted octanol–water partition coefficient (Wildman–Crippen LogP) is 7.09. The van der Waals surface area contributed by atoms with Gasteiger partial charge < -0.3 is 4.74 Å². The number of carbonyl (C=O) groups is 1. The minimum absolute atomic E-state index is 0. The second-order valence-electron chi connectivity index (χ2n) is 8.56. The quantitative estimate of drug-likeness (QED) is 0.217. The molecule has 0 aliphatic carbocycles. The highest BCUT2D eigenvalue weighted by atomic mass is 35.5. The number of rotatable bonds is 8. The van der Waals surface area contributed by atoms with Crippen LogP contribution < -0.4 is 10.1 Å². The van der Waals surface area contributed by atoms with Crippen molar-refractivity contribution < 1.29 is 9.53 Å². The third-order valence-electron chi connectivity index (χ3n) is 5.88. The summed E-state index contributed by atoms with van der Waals surface area (Å²) in [5, 5.41) is 3.50. The minimum atomic E-state index is -0.190. The van der Waals surface area contributed by atoms with Crippen molar-refractivity contribution in [3.05, 3.63) is 108 Å². The van der Waals surface area contributed by atoms with Gasteiger partial charge in [-0.1, -0.05) is 59.9 Å². The largest absolute Gasteiger partial charge is 0.494 e. The maximum atomic E-state index is 13.0. The molecule has 0 radical (unpaired) electrons. The lowest BCUT2D eigenvalue weighted by Gasteiger charge is -2.16. The molecule has 2 heterocycles. The zero-order valence-corrected chi connectivity index (χ0v) is 23.4. The summed E-state index contributed by atoms with van der Waals surface area (Å²) in [6.07, 6.45) is 3.66. The molecule has 0 unspecified atom stereocenters. The van der Waals surface area contributed by atoms with Gasteiger partial charge in [0.1, 0.15) is 11.3 Å². The number of nitrogens with one attached hydrogen (secondary N) is 1. The van der Waals surface area contributed by atoms with E-state index in [1.54, 1.807) is 13.3 Å². The Bertz CT molecular complexity index is 1480. The third-order valence-corrected chi connectivity index (χ3v) is 6.88. The van der Waals surface area contributed by atoms with E-state index in [1.165, 1.54) is 16.9 Å². The number of ether oxygens (including phenoxy) is 1. The molecule has 0 saturated carbocycles. The highest BCUT2D eigenvalue weighted by molar-refractivity contribution is 7.23. The average molecular weight is 568 g/mol. The van der Waals surface area contributed by atoms with Crippen molar-refractivity contribution in [2.45, 2.75) is 13.1 Å². The average Bonchev–Trinajstić information content (AvgIpc) is 3.33. The zero-order valence-electron chi connectivity index (χ0n) is 21.0. The topological polar surface area (TPSA) is 67.3 Å². The van der Waals surface area contributed by atoms with Crippen molar-refractivity contribution in [2.75, 3.05) is 19.5 Å². The van der Waals surface area contributed by atoms with Crippen molar-refractivity contribution in [1.82, 2.24) is 14.9 Å². The zero-order chi connectivity index (χ0) is 24.9. The van der Waals surface area contributed by atoms with E-state index in [-0.39, 0.29) is 30.7 Å². The van der Waals surface area contributed by atoms with Crippen LogP contribution in [0.15, 0.2) is 91.3 Å². The molecule has 5 aromatic rings. The number of fused-ring (bicyclic) bond motifs is 1. The molecule has 196 valence electrons. The van der Waals surface area contributed by atoms with E-state index in [0.717, 1.165) is 40.0 Å². The number of halogens is 2. The number of thiazole rings is 1. The fourth-order valence-electron chi connectivity index (χ4n) is 4.15. The van der Waals surface area contributed by atoms with Crippen molar-refractivity contribution in [3.63, 3.8) is 0 Å². The van der Waals surface area contributed by atoms with Gasteiger partial charge in [-0.3, -0.25) is 20.0 Å². The predicted molar refractivity (Wildman–Crippen MR) is 160 cm³/mol. The lowest BCUT2D eigenvalue weighted by Crippen LogP contribution is -2.17. The Morgan fingerprint density at radius 1 is 0.921 bits per heavy atom. The number of benzene rings is 3. The summed E-state index contributed by atoms with van der Waals surface area (Å²) >= 11 is 1.45. The molecule has 0 aliphatic heterocycles. The second kappa shape index (κ2) is 13.3. The Hall–Kier alpha value is -3.49. The van der Waals surface area contributed by atoms with E-state index in [9.17, 15) is 4.79 Å². The number of pyridine rings is 1. The Labute approximate surface area is 238 Å². The van der Waals surface area contributed by atoms with Crippen LogP contribution in [0.4, 0.5) is 5.13 Å².